The van der Waals surface area contributed by atoms with E-state index in [9.17, 15) is 53.4 Å². The number of amides is 8. The number of nitrogens with zero attached hydrogens (tertiary/aromatic N) is 4. The van der Waals surface area contributed by atoms with Gasteiger partial charge >= 0.3 is 30.3 Å². The molecule has 4 bridgehead atoms. The molecule has 3 aliphatic heterocycles. The lowest BCUT2D eigenvalue weighted by molar-refractivity contribution is -0.163. The molecule has 2 saturated heterocycles. The lowest BCUT2D eigenvalue weighted by atomic mass is 9.81. The first-order chi connectivity index (χ1) is 43.2. The number of esters is 1. The fourth-order valence-corrected chi connectivity index (χ4v) is 12.5. The first-order valence-corrected chi connectivity index (χ1v) is 31.7. The molecule has 7 rings (SSSR count). The molecule has 1 saturated carbocycles. The van der Waals surface area contributed by atoms with Crippen molar-refractivity contribution >= 4 is 71.3 Å². The molecule has 0 aromatic heterocycles. The summed E-state index contributed by atoms with van der Waals surface area (Å²) in [6, 6.07) is 3.26. The van der Waals surface area contributed by atoms with Crippen molar-refractivity contribution in [1.29, 1.82) is 0 Å². The van der Waals surface area contributed by atoms with Gasteiger partial charge in [-0.2, -0.15) is 0 Å². The van der Waals surface area contributed by atoms with Crippen LogP contribution in [0, 0.1) is 17.8 Å². The number of epoxide rings is 1. The molecule has 502 valence electrons. The zero-order valence-corrected chi connectivity index (χ0v) is 54.3. The van der Waals surface area contributed by atoms with Gasteiger partial charge in [-0.3, -0.25) is 34.7 Å². The normalized spacial score (nSPS) is 28.4. The first-order valence-electron chi connectivity index (χ1n) is 31.3. The van der Waals surface area contributed by atoms with Gasteiger partial charge in [0, 0.05) is 91.3 Å². The van der Waals surface area contributed by atoms with E-state index in [1.807, 2.05) is 25.2 Å². The average molecular weight is 1300 g/mol. The minimum Gasteiger partial charge on any atom is -0.496 e. The SMILES string of the molecule is COC1=C(Cl)C2CC(=C1)CC(C)CCC[C@@H](OC)[C@@]1(O)C[C@H](OC(=O)N1)[C@@H](C)[C@@H]1O[C@@]1(C)[C@@H](OC(=O)[C@H](C)N(C)C(=O)CCOC(=O)N(C)CCN(C)C(=O)OCc1ccc(NC(=O)OC3/C=C/CCCCC3)c(C(=O)NCCN3C(=O)C=CC3=O)c1)CC(O)C2. The number of benzene rings is 1. The highest BCUT2D eigenvalue weighted by molar-refractivity contribution is 6.30. The summed E-state index contributed by atoms with van der Waals surface area (Å²) in [7, 11) is 7.31. The number of carbonyl (C=O) groups is 9. The van der Waals surface area contributed by atoms with E-state index in [0.29, 0.717) is 42.0 Å². The quantitative estimate of drug-likeness (QED) is 0.0307. The van der Waals surface area contributed by atoms with Crippen LogP contribution in [0.3, 0.4) is 0 Å². The van der Waals surface area contributed by atoms with E-state index in [4.69, 9.17) is 49.5 Å². The molecule has 1 aromatic rings. The number of hydrogen-bond acceptors (Lipinski definition) is 19. The average Bonchev–Trinajstić information content (AvgIpc) is 1.58. The molecule has 0 spiro atoms. The minimum absolute atomic E-state index is 0.00757. The van der Waals surface area contributed by atoms with Crippen molar-refractivity contribution in [2.24, 2.45) is 17.8 Å². The summed E-state index contributed by atoms with van der Waals surface area (Å²) in [5.74, 6) is -3.18. The number of aliphatic hydroxyl groups excluding tert-OH is 1. The number of nitrogens with one attached hydrogen (secondary N) is 3. The maximum atomic E-state index is 14.2. The molecule has 91 heavy (non-hydrogen) atoms. The lowest BCUT2D eigenvalue weighted by Gasteiger charge is -2.43. The van der Waals surface area contributed by atoms with Gasteiger partial charge in [-0.25, -0.2) is 24.0 Å². The van der Waals surface area contributed by atoms with Gasteiger partial charge in [-0.15, -0.1) is 0 Å². The highest BCUT2D eigenvalue weighted by atomic mass is 35.5. The zero-order chi connectivity index (χ0) is 66.3. The van der Waals surface area contributed by atoms with Gasteiger partial charge in [0.25, 0.3) is 17.7 Å². The predicted molar refractivity (Wildman–Crippen MR) is 329 cm³/mol. The predicted octanol–water partition coefficient (Wildman–Crippen LogP) is 6.95. The van der Waals surface area contributed by atoms with Gasteiger partial charge < -0.3 is 68.1 Å². The number of allylic oxidation sites excluding steroid dienone is 4. The van der Waals surface area contributed by atoms with E-state index < -0.39 is 114 Å². The van der Waals surface area contributed by atoms with Crippen LogP contribution >= 0.6 is 11.6 Å². The molecule has 26 nitrogen and oxygen atoms in total. The summed E-state index contributed by atoms with van der Waals surface area (Å²) in [5.41, 5.74) is -1.43. The van der Waals surface area contributed by atoms with Crippen LogP contribution in [-0.2, 0) is 63.7 Å². The standard InChI is InChI=1S/C64H90ClN7O19/c1-38-16-15-19-50(85-9)64(83)36-49(89-60(80)68-64)39(2)56-63(4,91-56)51(35-44(73)34-43-31-42(30-38)33-48(84-8)55(43)65)90-58(78)40(3)71(7)52(74)24-29-86-61(81)69(5)27-28-70(6)62(82)87-37-41-20-21-47(67-59(79)88-45-17-13-11-10-12-14-18-45)46(32-41)57(77)66-25-26-72-53(75)22-23-54(72)76/h13,17,20-23,32-33,38-40,43-45,49-51,56,73,83H,10-12,14-16,18-19,24-31,34-37H2,1-9H3,(H,66,77)(H,67,79)(H,68,80)/b17-13+/t38?,39-,40+,43?,44?,45?,49+,50-,51+,56+,63+,64+/m1/s1. The highest BCUT2D eigenvalue weighted by Crippen LogP contribution is 2.50. The summed E-state index contributed by atoms with van der Waals surface area (Å²) >= 11 is 6.91. The van der Waals surface area contributed by atoms with Crippen LogP contribution in [0.2, 0.25) is 0 Å². The van der Waals surface area contributed by atoms with Crippen molar-refractivity contribution in [3.63, 3.8) is 0 Å². The fourth-order valence-electron chi connectivity index (χ4n) is 12.2. The number of aliphatic hydroxyl groups is 2. The number of ether oxygens (including phenoxy) is 8. The number of alkyl carbamates (subject to hydrolysis) is 1. The third kappa shape index (κ3) is 19.2. The molecule has 0 radical (unpaired) electrons. The Morgan fingerprint density at radius 2 is 1.62 bits per heavy atom. The van der Waals surface area contributed by atoms with Crippen molar-refractivity contribution < 1.29 is 91.3 Å². The molecule has 5 N–H and O–H groups in total. The van der Waals surface area contributed by atoms with Gasteiger partial charge in [0.1, 0.15) is 55.0 Å². The monoisotopic (exact) mass is 1300 g/mol. The van der Waals surface area contributed by atoms with Crippen LogP contribution in [-0.4, -0.2) is 206 Å². The first kappa shape index (κ1) is 71.2. The Labute approximate surface area is 536 Å². The number of imide groups is 1. The van der Waals surface area contributed by atoms with Gasteiger partial charge in [0.05, 0.1) is 42.0 Å². The number of carbonyl (C=O) groups excluding carboxylic acids is 9. The molecule has 8 amide bonds. The zero-order valence-electron chi connectivity index (χ0n) is 53.5. The van der Waals surface area contributed by atoms with Crippen molar-refractivity contribution in [1.82, 2.24) is 30.2 Å². The molecule has 1 aromatic carbocycles. The summed E-state index contributed by atoms with van der Waals surface area (Å²) in [6.45, 7) is 6.26. The number of rotatable bonds is 19. The molecule has 3 fully saturated rings. The largest absolute Gasteiger partial charge is 0.496 e. The number of likely N-dealkylation sites (N-methyl/N-ethyl adjacent to an activating group) is 3. The Hall–Kier alpha value is -7.26. The Kier molecular flexibility index (Phi) is 25.3. The molecule has 3 heterocycles. The van der Waals surface area contributed by atoms with Crippen molar-refractivity contribution in [2.45, 2.75) is 178 Å². The Morgan fingerprint density at radius 3 is 2.32 bits per heavy atom. The van der Waals surface area contributed by atoms with Crippen LogP contribution in [0.4, 0.5) is 24.9 Å². The summed E-state index contributed by atoms with van der Waals surface area (Å²) in [5, 5.41) is 32.2. The second-order valence-corrected chi connectivity index (χ2v) is 25.2. The Morgan fingerprint density at radius 1 is 0.901 bits per heavy atom. The van der Waals surface area contributed by atoms with Gasteiger partial charge in [-0.1, -0.05) is 62.4 Å². The molecule has 3 aliphatic carbocycles. The lowest BCUT2D eigenvalue weighted by Crippen LogP contribution is -2.64. The molecule has 4 unspecified atom stereocenters. The molecular formula is C64H90ClN7O19. The number of fused-ring (bicyclic) bond motifs is 5. The second kappa shape index (κ2) is 32.3. The van der Waals surface area contributed by atoms with E-state index >= 15 is 0 Å². The number of methoxy groups -OCH3 is 2. The second-order valence-electron chi connectivity index (χ2n) is 24.8. The van der Waals surface area contributed by atoms with Gasteiger partial charge in [0.15, 0.2) is 5.72 Å². The minimum atomic E-state index is -1.76. The fraction of sp³-hybridized carbons (Fsp3) is 0.641. The van der Waals surface area contributed by atoms with Crippen LogP contribution in [0.1, 0.15) is 134 Å². The van der Waals surface area contributed by atoms with Gasteiger partial charge in [-0.05, 0) is 101 Å². The van der Waals surface area contributed by atoms with Crippen molar-refractivity contribution in [3.8, 4) is 0 Å². The Bertz CT molecular complexity index is 2940. The van der Waals surface area contributed by atoms with E-state index in [1.54, 1.807) is 13.0 Å². The molecular weight excluding hydrogens is 1210 g/mol. The van der Waals surface area contributed by atoms with Gasteiger partial charge in [0.2, 0.25) is 5.91 Å². The van der Waals surface area contributed by atoms with E-state index in [1.165, 1.54) is 64.2 Å². The highest BCUT2D eigenvalue weighted by Gasteiger charge is 2.64. The van der Waals surface area contributed by atoms with Crippen LogP contribution in [0.25, 0.3) is 0 Å². The smallest absolute Gasteiger partial charge is 0.412 e. The third-order valence-corrected chi connectivity index (χ3v) is 18.4. The van der Waals surface area contributed by atoms with E-state index in [-0.39, 0.29) is 88.2 Å². The van der Waals surface area contributed by atoms with Crippen molar-refractivity contribution in [3.05, 3.63) is 76.1 Å². The molecule has 12 atom stereocenters. The topological polar surface area (TPSA) is 320 Å². The summed E-state index contributed by atoms with van der Waals surface area (Å²) in [4.78, 5) is 122. The maximum Gasteiger partial charge on any atom is 0.412 e. The van der Waals surface area contributed by atoms with Crippen LogP contribution < -0.4 is 16.0 Å². The molecule has 6 aliphatic rings. The van der Waals surface area contributed by atoms with Crippen molar-refractivity contribution in [2.75, 3.05) is 73.5 Å². The third-order valence-electron chi connectivity index (χ3n) is 17.9. The number of halogens is 1. The van der Waals surface area contributed by atoms with Crippen LogP contribution in [0.15, 0.2) is 64.9 Å². The van der Waals surface area contributed by atoms with Crippen LogP contribution in [0.5, 0.6) is 0 Å². The number of anilines is 1. The summed E-state index contributed by atoms with van der Waals surface area (Å²) in [6.07, 6.45) is 7.36. The Balaban J connectivity index is 0.908. The molecule has 27 heteroatoms. The maximum absolute atomic E-state index is 14.2. The summed E-state index contributed by atoms with van der Waals surface area (Å²) < 4.78 is 46.4. The number of hydrogen-bond donors (Lipinski definition) is 5. The van der Waals surface area contributed by atoms with E-state index in [2.05, 4.69) is 22.9 Å². The van der Waals surface area contributed by atoms with E-state index in [0.717, 1.165) is 66.0 Å².